The number of fused-ring (bicyclic) bond motifs is 2. The minimum absolute atomic E-state index is 0.178. The molecule has 0 unspecified atom stereocenters. The van der Waals surface area contributed by atoms with Crippen LogP contribution in [0.1, 0.15) is 41.5 Å². The summed E-state index contributed by atoms with van der Waals surface area (Å²) in [5.74, 6) is 1.78. The van der Waals surface area contributed by atoms with E-state index in [1.807, 2.05) is 0 Å². The van der Waals surface area contributed by atoms with Crippen LogP contribution in [0.4, 0.5) is 0 Å². The Kier molecular flexibility index (Phi) is 6.34. The van der Waals surface area contributed by atoms with Crippen molar-refractivity contribution in [1.82, 2.24) is 8.47 Å². The number of para-hydroxylation sites is 2. The van der Waals surface area contributed by atoms with Crippen molar-refractivity contribution in [2.75, 3.05) is 0 Å². The zero-order chi connectivity index (χ0) is 25.8. The predicted octanol–water partition coefficient (Wildman–Crippen LogP) is 8.03. The van der Waals surface area contributed by atoms with Gasteiger partial charge in [-0.2, -0.15) is 0 Å². The standard InChI is InChI=1S/C28H41BN2O2Si2/c1-27(2,3)34(7,8)30-19-25(21-15-11-13-17-23(21)30)32-29-33-26-20-31(35(9,10)28(4,5)6)24-18-14-12-16-22(24)26/h11-20,29H,1-10H3. The second-order valence-corrected chi connectivity index (χ2v) is 23.0. The molecule has 2 heterocycles. The summed E-state index contributed by atoms with van der Waals surface area (Å²) in [6.45, 7) is 23.8. The summed E-state index contributed by atoms with van der Waals surface area (Å²) in [5.41, 5.74) is 2.48. The van der Waals surface area contributed by atoms with Gasteiger partial charge in [0.05, 0.1) is 0 Å². The summed E-state index contributed by atoms with van der Waals surface area (Å²) in [5, 5.41) is 2.72. The van der Waals surface area contributed by atoms with Crippen LogP contribution in [0.2, 0.25) is 36.3 Å². The van der Waals surface area contributed by atoms with Crippen LogP contribution >= 0.6 is 0 Å². The summed E-state index contributed by atoms with van der Waals surface area (Å²) in [6, 6.07) is 17.1. The minimum Gasteiger partial charge on any atom is -0.527 e. The lowest BCUT2D eigenvalue weighted by Crippen LogP contribution is -2.44. The molecule has 0 bridgehead atoms. The Balaban J connectivity index is 1.65. The van der Waals surface area contributed by atoms with Gasteiger partial charge >= 0.3 is 7.69 Å². The Labute approximate surface area is 213 Å². The highest BCUT2D eigenvalue weighted by atomic mass is 28.3. The molecule has 0 aliphatic carbocycles. The van der Waals surface area contributed by atoms with Crippen LogP contribution < -0.4 is 9.31 Å². The van der Waals surface area contributed by atoms with Crippen molar-refractivity contribution in [2.45, 2.75) is 77.8 Å². The fourth-order valence-electron chi connectivity index (χ4n) is 4.33. The third-order valence-electron chi connectivity index (χ3n) is 8.65. The van der Waals surface area contributed by atoms with E-state index in [4.69, 9.17) is 9.31 Å². The lowest BCUT2D eigenvalue weighted by Gasteiger charge is -2.38. The van der Waals surface area contributed by atoms with Crippen molar-refractivity contribution in [1.29, 1.82) is 0 Å². The van der Waals surface area contributed by atoms with Gasteiger partial charge < -0.3 is 17.8 Å². The molecule has 4 rings (SSSR count). The minimum atomic E-state index is -1.80. The molecule has 0 radical (unpaired) electrons. The van der Waals surface area contributed by atoms with Gasteiger partial charge in [-0.25, -0.2) is 0 Å². The van der Waals surface area contributed by atoms with E-state index < -0.39 is 16.5 Å². The normalized spacial score (nSPS) is 13.4. The van der Waals surface area contributed by atoms with Crippen LogP contribution in [-0.4, -0.2) is 32.6 Å². The highest BCUT2D eigenvalue weighted by molar-refractivity contribution is 6.79. The third kappa shape index (κ3) is 4.38. The Morgan fingerprint density at radius 2 is 0.943 bits per heavy atom. The number of hydrogen-bond donors (Lipinski definition) is 0. The first-order chi connectivity index (χ1) is 16.2. The molecule has 0 amide bonds. The highest BCUT2D eigenvalue weighted by Gasteiger charge is 2.40. The average Bonchev–Trinajstić information content (AvgIpc) is 3.32. The summed E-state index contributed by atoms with van der Waals surface area (Å²) in [4.78, 5) is 0. The van der Waals surface area contributed by atoms with Gasteiger partial charge in [-0.1, -0.05) is 92.0 Å². The largest absolute Gasteiger partial charge is 0.576 e. The van der Waals surface area contributed by atoms with E-state index in [9.17, 15) is 0 Å². The predicted molar refractivity (Wildman–Crippen MR) is 157 cm³/mol. The summed E-state index contributed by atoms with van der Waals surface area (Å²) in [6.07, 6.45) is 4.40. The Morgan fingerprint density at radius 1 is 0.600 bits per heavy atom. The van der Waals surface area contributed by atoms with Gasteiger partial charge in [0.2, 0.25) is 0 Å². The molecule has 2 aromatic carbocycles. The fourth-order valence-corrected chi connectivity index (χ4v) is 8.25. The van der Waals surface area contributed by atoms with Crippen molar-refractivity contribution in [3.8, 4) is 11.5 Å². The van der Waals surface area contributed by atoms with Gasteiger partial charge in [0, 0.05) is 34.2 Å². The molecule has 0 saturated carbocycles. The molecule has 4 aromatic rings. The molecule has 0 spiro atoms. The fraction of sp³-hybridized carbons (Fsp3) is 0.429. The van der Waals surface area contributed by atoms with Gasteiger partial charge in [0.15, 0.2) is 16.5 Å². The Morgan fingerprint density at radius 3 is 1.29 bits per heavy atom. The Hall–Kier alpha value is -2.38. The zero-order valence-electron chi connectivity index (χ0n) is 23.2. The van der Waals surface area contributed by atoms with E-state index in [-0.39, 0.29) is 17.8 Å². The van der Waals surface area contributed by atoms with Crippen LogP contribution in [0, 0.1) is 0 Å². The molecule has 35 heavy (non-hydrogen) atoms. The quantitative estimate of drug-likeness (QED) is 0.249. The number of aromatic nitrogens is 2. The van der Waals surface area contributed by atoms with Gasteiger partial charge in [0.25, 0.3) is 0 Å². The summed E-state index contributed by atoms with van der Waals surface area (Å²) < 4.78 is 17.6. The Bertz CT molecular complexity index is 1250. The zero-order valence-corrected chi connectivity index (χ0v) is 25.2. The maximum atomic E-state index is 6.30. The molecule has 0 aliphatic rings. The number of nitrogens with zero attached hydrogens (tertiary/aromatic N) is 2. The third-order valence-corrected chi connectivity index (χ3v) is 19.1. The summed E-state index contributed by atoms with van der Waals surface area (Å²) in [7, 11) is -3.43. The molecule has 0 atom stereocenters. The summed E-state index contributed by atoms with van der Waals surface area (Å²) >= 11 is 0. The van der Waals surface area contributed by atoms with E-state index >= 15 is 0 Å². The molecule has 0 aliphatic heterocycles. The molecule has 0 saturated heterocycles. The van der Waals surface area contributed by atoms with Crippen molar-refractivity contribution < 1.29 is 9.31 Å². The first-order valence-corrected chi connectivity index (χ1v) is 18.5. The number of rotatable bonds is 6. The van der Waals surface area contributed by atoms with Gasteiger partial charge in [-0.15, -0.1) is 0 Å². The first-order valence-electron chi connectivity index (χ1n) is 12.6. The number of benzene rings is 2. The van der Waals surface area contributed by atoms with Crippen LogP contribution in [0.5, 0.6) is 11.5 Å². The van der Waals surface area contributed by atoms with Crippen molar-refractivity contribution in [3.63, 3.8) is 0 Å². The van der Waals surface area contributed by atoms with Crippen LogP contribution in [0.25, 0.3) is 21.8 Å². The van der Waals surface area contributed by atoms with Crippen molar-refractivity contribution in [3.05, 3.63) is 60.9 Å². The van der Waals surface area contributed by atoms with Crippen molar-refractivity contribution >= 4 is 46.0 Å². The van der Waals surface area contributed by atoms with Crippen molar-refractivity contribution in [2.24, 2.45) is 0 Å². The second kappa shape index (κ2) is 8.63. The van der Waals surface area contributed by atoms with Gasteiger partial charge in [-0.05, 0) is 34.3 Å². The van der Waals surface area contributed by atoms with Crippen LogP contribution in [0.3, 0.4) is 0 Å². The van der Waals surface area contributed by atoms with E-state index in [1.54, 1.807) is 0 Å². The highest BCUT2D eigenvalue weighted by Crippen LogP contribution is 2.42. The topological polar surface area (TPSA) is 28.3 Å². The lowest BCUT2D eigenvalue weighted by atomic mass is 10.2. The van der Waals surface area contributed by atoms with E-state index in [2.05, 4.69) is 137 Å². The molecule has 186 valence electrons. The smallest absolute Gasteiger partial charge is 0.527 e. The maximum absolute atomic E-state index is 6.30. The van der Waals surface area contributed by atoms with E-state index in [0.29, 0.717) is 0 Å². The SMILES string of the molecule is CC(C)(C)[Si](C)(C)n1cc(OBOc2cn([Si](C)(C)C(C)(C)C)c3ccccc23)c2ccccc21. The number of hydrogen-bond acceptors (Lipinski definition) is 2. The molecular formula is C28H41BN2O2Si2. The molecule has 0 N–H and O–H groups in total. The second-order valence-electron chi connectivity index (χ2n) is 12.8. The molecular weight excluding hydrogens is 463 g/mol. The molecule has 2 aromatic heterocycles. The molecule has 7 heteroatoms. The van der Waals surface area contributed by atoms with Crippen LogP contribution in [-0.2, 0) is 0 Å². The molecule has 0 fully saturated rings. The molecule has 4 nitrogen and oxygen atoms in total. The van der Waals surface area contributed by atoms with Gasteiger partial charge in [0.1, 0.15) is 11.5 Å². The first kappa shape index (κ1) is 25.7. The lowest BCUT2D eigenvalue weighted by molar-refractivity contribution is 0.464. The van der Waals surface area contributed by atoms with Gasteiger partial charge in [-0.3, -0.25) is 0 Å². The maximum Gasteiger partial charge on any atom is 0.576 e. The monoisotopic (exact) mass is 504 g/mol. The van der Waals surface area contributed by atoms with Crippen LogP contribution in [0.15, 0.2) is 60.9 Å². The van der Waals surface area contributed by atoms with E-state index in [1.165, 1.54) is 11.0 Å². The van der Waals surface area contributed by atoms with E-state index in [0.717, 1.165) is 22.3 Å². The average molecular weight is 505 g/mol.